The van der Waals surface area contributed by atoms with Gasteiger partial charge in [0.1, 0.15) is 5.25 Å². The molecule has 1 aliphatic rings. The Balaban J connectivity index is 2.20. The second-order valence-electron chi connectivity index (χ2n) is 4.38. The molecule has 4 heteroatoms. The zero-order valence-corrected chi connectivity index (χ0v) is 10.7. The molecule has 1 aromatic rings. The van der Waals surface area contributed by atoms with Gasteiger partial charge in [-0.15, -0.1) is 0 Å². The predicted molar refractivity (Wildman–Crippen MR) is 70.4 cm³/mol. The maximum Gasteiger partial charge on any atom is 0.239 e. The van der Waals surface area contributed by atoms with Crippen LogP contribution in [-0.4, -0.2) is 13.7 Å². The third kappa shape index (κ3) is 2.88. The predicted octanol–water partition coefficient (Wildman–Crippen LogP) is 2.93. The number of benzene rings is 1. The average Bonchev–Trinajstić information content (AvgIpc) is 2.30. The highest BCUT2D eigenvalue weighted by atomic mass is 32.2. The summed E-state index contributed by atoms with van der Waals surface area (Å²) in [5, 5.41) is -0.378. The highest BCUT2D eigenvalue weighted by Gasteiger charge is 2.28. The Morgan fingerprint density at radius 2 is 1.94 bits per heavy atom. The SMILES string of the molecule is CC1=CCCCC1S(=O)(=O)Nc1ccccc1. The van der Waals surface area contributed by atoms with Crippen LogP contribution in [0.1, 0.15) is 26.2 Å². The number of rotatable bonds is 3. The Bertz CT molecular complexity index is 505. The van der Waals surface area contributed by atoms with Gasteiger partial charge in [0.25, 0.3) is 0 Å². The monoisotopic (exact) mass is 251 g/mol. The van der Waals surface area contributed by atoms with Gasteiger partial charge in [0.15, 0.2) is 0 Å². The van der Waals surface area contributed by atoms with E-state index in [2.05, 4.69) is 4.72 Å². The molecule has 1 aromatic carbocycles. The maximum absolute atomic E-state index is 12.2. The second kappa shape index (κ2) is 4.92. The van der Waals surface area contributed by atoms with Gasteiger partial charge < -0.3 is 0 Å². The fourth-order valence-corrected chi connectivity index (χ4v) is 3.80. The van der Waals surface area contributed by atoms with Gasteiger partial charge in [-0.2, -0.15) is 0 Å². The molecule has 0 aromatic heterocycles. The van der Waals surface area contributed by atoms with Crippen molar-refractivity contribution in [3.63, 3.8) is 0 Å². The van der Waals surface area contributed by atoms with Crippen molar-refractivity contribution in [1.82, 2.24) is 0 Å². The molecule has 1 unspecified atom stereocenters. The standard InChI is InChI=1S/C13H17NO2S/c1-11-7-5-6-10-13(11)17(15,16)14-12-8-3-2-4-9-12/h2-4,7-9,13-14H,5-6,10H2,1H3. The van der Waals surface area contributed by atoms with Crippen molar-refractivity contribution in [3.8, 4) is 0 Å². The Kier molecular flexibility index (Phi) is 3.52. The van der Waals surface area contributed by atoms with E-state index in [4.69, 9.17) is 0 Å². The summed E-state index contributed by atoms with van der Waals surface area (Å²) in [7, 11) is -3.30. The van der Waals surface area contributed by atoms with E-state index in [0.717, 1.165) is 18.4 Å². The minimum absolute atomic E-state index is 0.378. The van der Waals surface area contributed by atoms with Gasteiger partial charge >= 0.3 is 0 Å². The lowest BCUT2D eigenvalue weighted by molar-refractivity contribution is 0.577. The lowest BCUT2D eigenvalue weighted by Crippen LogP contribution is -2.30. The lowest BCUT2D eigenvalue weighted by Gasteiger charge is -2.22. The molecule has 17 heavy (non-hydrogen) atoms. The summed E-state index contributed by atoms with van der Waals surface area (Å²) in [6, 6.07) is 9.03. The quantitative estimate of drug-likeness (QED) is 0.840. The van der Waals surface area contributed by atoms with Crippen molar-refractivity contribution in [2.24, 2.45) is 0 Å². The third-order valence-corrected chi connectivity index (χ3v) is 4.93. The minimum Gasteiger partial charge on any atom is -0.283 e. The summed E-state index contributed by atoms with van der Waals surface area (Å²) in [6.45, 7) is 1.90. The van der Waals surface area contributed by atoms with Gasteiger partial charge in [0.2, 0.25) is 10.0 Å². The molecule has 0 aliphatic heterocycles. The molecular formula is C13H17NO2S. The summed E-state index contributed by atoms with van der Waals surface area (Å²) in [4.78, 5) is 0. The van der Waals surface area contributed by atoms with E-state index >= 15 is 0 Å². The average molecular weight is 251 g/mol. The first-order valence-electron chi connectivity index (χ1n) is 5.83. The third-order valence-electron chi connectivity index (χ3n) is 3.05. The van der Waals surface area contributed by atoms with Crippen molar-refractivity contribution in [3.05, 3.63) is 42.0 Å². The van der Waals surface area contributed by atoms with Gasteiger partial charge in [-0.1, -0.05) is 29.8 Å². The first-order chi connectivity index (χ1) is 8.09. The van der Waals surface area contributed by atoms with Crippen LogP contribution in [0.4, 0.5) is 5.69 Å². The molecule has 0 heterocycles. The Morgan fingerprint density at radius 1 is 1.24 bits per heavy atom. The molecule has 1 aliphatic carbocycles. The van der Waals surface area contributed by atoms with Crippen LogP contribution in [0.2, 0.25) is 0 Å². The highest BCUT2D eigenvalue weighted by molar-refractivity contribution is 7.93. The topological polar surface area (TPSA) is 46.2 Å². The Morgan fingerprint density at radius 3 is 2.59 bits per heavy atom. The molecule has 2 rings (SSSR count). The number of hydrogen-bond donors (Lipinski definition) is 1. The van der Waals surface area contributed by atoms with Crippen LogP contribution in [0, 0.1) is 0 Å². The van der Waals surface area contributed by atoms with Crippen LogP contribution in [0.3, 0.4) is 0 Å². The number of hydrogen-bond acceptors (Lipinski definition) is 2. The highest BCUT2D eigenvalue weighted by Crippen LogP contribution is 2.25. The number of para-hydroxylation sites is 1. The number of sulfonamides is 1. The van der Waals surface area contributed by atoms with Crippen LogP contribution in [0.25, 0.3) is 0 Å². The van der Waals surface area contributed by atoms with Gasteiger partial charge in [-0.05, 0) is 38.3 Å². The Labute approximate surface area is 103 Å². The number of anilines is 1. The van der Waals surface area contributed by atoms with Gasteiger partial charge in [0.05, 0.1) is 0 Å². The van der Waals surface area contributed by atoms with Crippen LogP contribution in [0.5, 0.6) is 0 Å². The van der Waals surface area contributed by atoms with Crippen LogP contribution < -0.4 is 4.72 Å². The summed E-state index contributed by atoms with van der Waals surface area (Å²) in [5.41, 5.74) is 1.59. The first kappa shape index (κ1) is 12.2. The van der Waals surface area contributed by atoms with Crippen molar-refractivity contribution >= 4 is 15.7 Å². The molecule has 92 valence electrons. The van der Waals surface area contributed by atoms with Gasteiger partial charge in [-0.3, -0.25) is 4.72 Å². The summed E-state index contributed by atoms with van der Waals surface area (Å²) in [6.07, 6.45) is 4.67. The van der Waals surface area contributed by atoms with Crippen molar-refractivity contribution in [2.45, 2.75) is 31.4 Å². The van der Waals surface area contributed by atoms with E-state index in [1.54, 1.807) is 12.1 Å². The summed E-state index contributed by atoms with van der Waals surface area (Å²) in [5.74, 6) is 0. The zero-order chi connectivity index (χ0) is 12.3. The van der Waals surface area contributed by atoms with Crippen LogP contribution in [-0.2, 0) is 10.0 Å². The normalized spacial score (nSPS) is 20.8. The smallest absolute Gasteiger partial charge is 0.239 e. The molecule has 0 radical (unpaired) electrons. The number of allylic oxidation sites excluding steroid dienone is 1. The van der Waals surface area contributed by atoms with E-state index in [0.29, 0.717) is 12.1 Å². The van der Waals surface area contributed by atoms with Crippen molar-refractivity contribution < 1.29 is 8.42 Å². The molecular weight excluding hydrogens is 234 g/mol. The van der Waals surface area contributed by atoms with Crippen molar-refractivity contribution in [1.29, 1.82) is 0 Å². The molecule has 0 bridgehead atoms. The summed E-state index contributed by atoms with van der Waals surface area (Å²) >= 11 is 0. The molecule has 0 spiro atoms. The summed E-state index contributed by atoms with van der Waals surface area (Å²) < 4.78 is 27.1. The fourth-order valence-electron chi connectivity index (χ4n) is 2.13. The van der Waals surface area contributed by atoms with E-state index in [9.17, 15) is 8.42 Å². The van der Waals surface area contributed by atoms with Crippen LogP contribution >= 0.6 is 0 Å². The molecule has 0 saturated heterocycles. The fraction of sp³-hybridized carbons (Fsp3) is 0.385. The lowest BCUT2D eigenvalue weighted by atomic mass is 10.0. The van der Waals surface area contributed by atoms with E-state index in [1.165, 1.54) is 0 Å². The van der Waals surface area contributed by atoms with Crippen LogP contribution in [0.15, 0.2) is 42.0 Å². The Hall–Kier alpha value is -1.29. The molecule has 3 nitrogen and oxygen atoms in total. The molecule has 0 fully saturated rings. The zero-order valence-electron chi connectivity index (χ0n) is 9.89. The minimum atomic E-state index is -3.30. The largest absolute Gasteiger partial charge is 0.283 e. The number of nitrogens with one attached hydrogen (secondary N) is 1. The van der Waals surface area contributed by atoms with E-state index < -0.39 is 10.0 Å². The van der Waals surface area contributed by atoms with E-state index in [1.807, 2.05) is 31.2 Å². The molecule has 0 saturated carbocycles. The van der Waals surface area contributed by atoms with Crippen molar-refractivity contribution in [2.75, 3.05) is 4.72 Å². The molecule has 0 amide bonds. The van der Waals surface area contributed by atoms with E-state index in [-0.39, 0.29) is 5.25 Å². The van der Waals surface area contributed by atoms with Gasteiger partial charge in [0, 0.05) is 5.69 Å². The molecule has 1 atom stereocenters. The second-order valence-corrected chi connectivity index (χ2v) is 6.24. The molecule has 1 N–H and O–H groups in total. The van der Waals surface area contributed by atoms with Gasteiger partial charge in [-0.25, -0.2) is 8.42 Å². The first-order valence-corrected chi connectivity index (χ1v) is 7.37. The maximum atomic E-state index is 12.2.